The second-order valence-corrected chi connectivity index (χ2v) is 9.33. The Bertz CT molecular complexity index is 1100. The summed E-state index contributed by atoms with van der Waals surface area (Å²) >= 11 is 1.18. The van der Waals surface area contributed by atoms with Crippen molar-refractivity contribution < 1.29 is 17.6 Å². The van der Waals surface area contributed by atoms with Gasteiger partial charge in [-0.05, 0) is 49.6 Å². The van der Waals surface area contributed by atoms with E-state index in [0.29, 0.717) is 25.1 Å². The van der Waals surface area contributed by atoms with Gasteiger partial charge in [0.25, 0.3) is 10.0 Å². The van der Waals surface area contributed by atoms with Crippen LogP contribution in [0.15, 0.2) is 58.8 Å². The fraction of sp³-hybridized carbons (Fsp3) is 0.238. The third kappa shape index (κ3) is 6.36. The van der Waals surface area contributed by atoms with Gasteiger partial charge in [0.1, 0.15) is 5.82 Å². The number of rotatable bonds is 9. The van der Waals surface area contributed by atoms with Gasteiger partial charge in [0.2, 0.25) is 5.91 Å². The van der Waals surface area contributed by atoms with Crippen molar-refractivity contribution in [1.29, 1.82) is 0 Å². The van der Waals surface area contributed by atoms with Gasteiger partial charge in [-0.25, -0.2) is 17.8 Å². The fourth-order valence-electron chi connectivity index (χ4n) is 2.69. The van der Waals surface area contributed by atoms with Gasteiger partial charge >= 0.3 is 0 Å². The summed E-state index contributed by atoms with van der Waals surface area (Å²) in [7, 11) is -3.69. The zero-order valence-corrected chi connectivity index (χ0v) is 18.0. The van der Waals surface area contributed by atoms with Crippen molar-refractivity contribution >= 4 is 32.4 Å². The van der Waals surface area contributed by atoms with Crippen LogP contribution in [0.25, 0.3) is 0 Å². The molecule has 0 aliphatic heterocycles. The van der Waals surface area contributed by atoms with E-state index in [1.807, 2.05) is 6.92 Å². The summed E-state index contributed by atoms with van der Waals surface area (Å²) in [4.78, 5) is 16.4. The molecule has 1 amide bonds. The maximum absolute atomic E-state index is 12.9. The smallest absolute Gasteiger partial charge is 0.263 e. The summed E-state index contributed by atoms with van der Waals surface area (Å²) in [6.45, 7) is 2.35. The molecule has 0 atom stereocenters. The van der Waals surface area contributed by atoms with E-state index >= 15 is 0 Å². The number of carbonyl (C=O) groups excluding carboxylic acids is 1. The highest BCUT2D eigenvalue weighted by atomic mass is 32.2. The van der Waals surface area contributed by atoms with Crippen LogP contribution in [0.1, 0.15) is 23.2 Å². The maximum Gasteiger partial charge on any atom is 0.263 e. The zero-order chi connectivity index (χ0) is 21.6. The minimum Gasteiger partial charge on any atom is -0.356 e. The molecule has 0 radical (unpaired) electrons. The number of anilines is 1. The van der Waals surface area contributed by atoms with E-state index in [4.69, 9.17) is 0 Å². The number of nitrogens with one attached hydrogen (secondary N) is 2. The number of nitrogens with zero attached hydrogens (tertiary/aromatic N) is 1. The number of hydrogen-bond donors (Lipinski definition) is 2. The van der Waals surface area contributed by atoms with E-state index < -0.39 is 10.0 Å². The van der Waals surface area contributed by atoms with Crippen LogP contribution < -0.4 is 10.0 Å². The highest BCUT2D eigenvalue weighted by Gasteiger charge is 2.16. The van der Waals surface area contributed by atoms with Gasteiger partial charge in [0.15, 0.2) is 5.13 Å². The Morgan fingerprint density at radius 2 is 1.77 bits per heavy atom. The van der Waals surface area contributed by atoms with Gasteiger partial charge in [0, 0.05) is 18.3 Å². The summed E-state index contributed by atoms with van der Waals surface area (Å²) in [6.07, 6.45) is 1.27. The highest BCUT2D eigenvalue weighted by Crippen LogP contribution is 2.21. The molecule has 3 rings (SSSR count). The number of aryl methyl sites for hydroxylation is 2. The zero-order valence-electron chi connectivity index (χ0n) is 16.4. The topological polar surface area (TPSA) is 88.2 Å². The Balaban J connectivity index is 1.45. The fourth-order valence-corrected chi connectivity index (χ4v) is 4.68. The van der Waals surface area contributed by atoms with Crippen molar-refractivity contribution in [2.24, 2.45) is 0 Å². The molecule has 3 aromatic rings. The molecule has 0 fully saturated rings. The molecule has 0 bridgehead atoms. The molecular formula is C21H22FN3O3S2. The van der Waals surface area contributed by atoms with Crippen LogP contribution >= 0.6 is 11.3 Å². The lowest BCUT2D eigenvalue weighted by Gasteiger charge is -2.05. The Labute approximate surface area is 179 Å². The normalized spacial score (nSPS) is 11.3. The van der Waals surface area contributed by atoms with Crippen LogP contribution in [0, 0.1) is 12.7 Å². The monoisotopic (exact) mass is 447 g/mol. The van der Waals surface area contributed by atoms with Gasteiger partial charge in [-0.1, -0.05) is 29.8 Å². The first-order valence-corrected chi connectivity index (χ1v) is 11.7. The van der Waals surface area contributed by atoms with E-state index in [9.17, 15) is 17.6 Å². The molecule has 2 N–H and O–H groups in total. The molecule has 0 saturated carbocycles. The minimum absolute atomic E-state index is 0.119. The second kappa shape index (κ2) is 9.82. The van der Waals surface area contributed by atoms with Crippen LogP contribution in [0.2, 0.25) is 0 Å². The summed E-state index contributed by atoms with van der Waals surface area (Å²) in [5.74, 6) is -0.404. The number of carbonyl (C=O) groups is 1. The van der Waals surface area contributed by atoms with Crippen LogP contribution in [-0.4, -0.2) is 25.9 Å². The van der Waals surface area contributed by atoms with Gasteiger partial charge < -0.3 is 5.32 Å². The third-order valence-electron chi connectivity index (χ3n) is 4.36. The summed E-state index contributed by atoms with van der Waals surface area (Å²) in [6, 6.07) is 12.7. The van der Waals surface area contributed by atoms with Gasteiger partial charge in [-0.15, -0.1) is 11.3 Å². The van der Waals surface area contributed by atoms with Crippen LogP contribution in [0.4, 0.5) is 9.52 Å². The Morgan fingerprint density at radius 3 is 2.47 bits per heavy atom. The summed E-state index contributed by atoms with van der Waals surface area (Å²) in [5, 5.41) is 4.82. The predicted octanol–water partition coefficient (Wildman–Crippen LogP) is 3.68. The van der Waals surface area contributed by atoms with Crippen molar-refractivity contribution in [3.63, 3.8) is 0 Å². The first kappa shape index (κ1) is 21.9. The standard InChI is InChI=1S/C21H22FN3O3S2/c1-15-2-9-19(10-3-15)30(27,28)25-21-24-18(14-29-21)8-11-20(26)23-13-12-16-4-6-17(22)7-5-16/h2-7,9-10,14H,8,11-13H2,1H3,(H,23,26)(H,24,25). The van der Waals surface area contributed by atoms with Crippen molar-refractivity contribution in [3.05, 3.63) is 76.5 Å². The molecule has 0 unspecified atom stereocenters. The summed E-state index contributed by atoms with van der Waals surface area (Å²) in [5.41, 5.74) is 2.57. The van der Waals surface area contributed by atoms with Crippen LogP contribution in [0.5, 0.6) is 0 Å². The average molecular weight is 448 g/mol. The molecule has 0 spiro atoms. The van der Waals surface area contributed by atoms with Gasteiger partial charge in [-0.3, -0.25) is 9.52 Å². The number of thiazole rings is 1. The van der Waals surface area contributed by atoms with Gasteiger partial charge in [-0.2, -0.15) is 0 Å². The van der Waals surface area contributed by atoms with E-state index in [2.05, 4.69) is 15.0 Å². The second-order valence-electron chi connectivity index (χ2n) is 6.79. The lowest BCUT2D eigenvalue weighted by Crippen LogP contribution is -2.25. The SMILES string of the molecule is Cc1ccc(S(=O)(=O)Nc2nc(CCC(=O)NCCc3ccc(F)cc3)cs2)cc1. The molecule has 1 heterocycles. The largest absolute Gasteiger partial charge is 0.356 e. The number of hydrogen-bond acceptors (Lipinski definition) is 5. The van der Waals surface area contributed by atoms with Crippen LogP contribution in [0.3, 0.4) is 0 Å². The average Bonchev–Trinajstić information content (AvgIpc) is 3.15. The van der Waals surface area contributed by atoms with Crippen molar-refractivity contribution in [2.75, 3.05) is 11.3 Å². The summed E-state index contributed by atoms with van der Waals surface area (Å²) < 4.78 is 40.2. The number of amides is 1. The van der Waals surface area contributed by atoms with E-state index in [1.54, 1.807) is 41.8 Å². The molecule has 30 heavy (non-hydrogen) atoms. The predicted molar refractivity (Wildman–Crippen MR) is 116 cm³/mol. The molecule has 2 aromatic carbocycles. The van der Waals surface area contributed by atoms with Crippen molar-refractivity contribution in [1.82, 2.24) is 10.3 Å². The first-order chi connectivity index (χ1) is 14.3. The lowest BCUT2D eigenvalue weighted by molar-refractivity contribution is -0.121. The Hall–Kier alpha value is -2.78. The number of benzene rings is 2. The highest BCUT2D eigenvalue weighted by molar-refractivity contribution is 7.93. The first-order valence-electron chi connectivity index (χ1n) is 9.37. The lowest BCUT2D eigenvalue weighted by atomic mass is 10.1. The van der Waals surface area contributed by atoms with E-state index in [-0.39, 0.29) is 28.2 Å². The molecule has 0 aliphatic rings. The molecule has 1 aromatic heterocycles. The minimum atomic E-state index is -3.69. The number of halogens is 1. The molecule has 6 nitrogen and oxygen atoms in total. The van der Waals surface area contributed by atoms with Gasteiger partial charge in [0.05, 0.1) is 10.6 Å². The number of aromatic nitrogens is 1. The van der Waals surface area contributed by atoms with E-state index in [0.717, 1.165) is 11.1 Å². The van der Waals surface area contributed by atoms with Crippen LogP contribution in [-0.2, 0) is 27.7 Å². The molecule has 0 saturated heterocycles. The van der Waals surface area contributed by atoms with Crippen molar-refractivity contribution in [3.8, 4) is 0 Å². The molecular weight excluding hydrogens is 425 g/mol. The molecule has 158 valence electrons. The molecule has 9 heteroatoms. The Morgan fingerprint density at radius 1 is 1.07 bits per heavy atom. The van der Waals surface area contributed by atoms with E-state index in [1.165, 1.54) is 23.5 Å². The molecule has 0 aliphatic carbocycles. The quantitative estimate of drug-likeness (QED) is 0.524. The number of sulfonamides is 1. The van der Waals surface area contributed by atoms with Crippen molar-refractivity contribution in [2.45, 2.75) is 31.1 Å². The Kier molecular flexibility index (Phi) is 7.17. The maximum atomic E-state index is 12.9. The third-order valence-corrected chi connectivity index (χ3v) is 6.65.